The number of rotatable bonds is 4. The fraction of sp³-hybridized carbons (Fsp3) is 0.208. The summed E-state index contributed by atoms with van der Waals surface area (Å²) in [6.07, 6.45) is 0.330. The number of nitrogens with zero attached hydrogens (tertiary/aromatic N) is 2. The first-order chi connectivity index (χ1) is 14.7. The van der Waals surface area contributed by atoms with E-state index in [4.69, 9.17) is 30.9 Å². The molecule has 6 heteroatoms. The fourth-order valence-electron chi connectivity index (χ4n) is 4.14. The van der Waals surface area contributed by atoms with E-state index in [-0.39, 0.29) is 6.04 Å². The zero-order valence-corrected chi connectivity index (χ0v) is 17.5. The highest BCUT2D eigenvalue weighted by Crippen LogP contribution is 2.51. The molecule has 0 fully saturated rings. The van der Waals surface area contributed by atoms with Crippen LogP contribution in [0.1, 0.15) is 35.4 Å². The molecule has 2 atom stereocenters. The highest BCUT2D eigenvalue weighted by molar-refractivity contribution is 6.30. The Bertz CT molecular complexity index is 1110. The fourth-order valence-corrected chi connectivity index (χ4v) is 4.26. The lowest BCUT2D eigenvalue weighted by molar-refractivity contribution is -0.0221. The Hall–Kier alpha value is -3.18. The predicted molar refractivity (Wildman–Crippen MR) is 117 cm³/mol. The molecule has 0 radical (unpaired) electrons. The van der Waals surface area contributed by atoms with Crippen LogP contribution in [0.2, 0.25) is 5.02 Å². The number of ether oxygens (including phenoxy) is 3. The normalized spacial score (nSPS) is 19.4. The van der Waals surface area contributed by atoms with Crippen LogP contribution in [-0.2, 0) is 0 Å². The second-order valence-electron chi connectivity index (χ2n) is 7.24. The molecule has 0 aromatic heterocycles. The number of hydrogen-bond donors (Lipinski definition) is 0. The van der Waals surface area contributed by atoms with Crippen LogP contribution in [0.5, 0.6) is 17.2 Å². The second kappa shape index (κ2) is 7.58. The molecule has 0 unspecified atom stereocenters. The van der Waals surface area contributed by atoms with E-state index >= 15 is 0 Å². The molecule has 2 heterocycles. The molecule has 0 saturated heterocycles. The van der Waals surface area contributed by atoms with E-state index in [0.717, 1.165) is 40.3 Å². The lowest BCUT2D eigenvalue weighted by Crippen LogP contribution is -2.34. The zero-order valence-electron chi connectivity index (χ0n) is 16.7. The highest BCUT2D eigenvalue weighted by atomic mass is 35.5. The summed E-state index contributed by atoms with van der Waals surface area (Å²) in [6.45, 7) is 0. The quantitative estimate of drug-likeness (QED) is 0.551. The van der Waals surface area contributed by atoms with Gasteiger partial charge in [0, 0.05) is 17.0 Å². The summed E-state index contributed by atoms with van der Waals surface area (Å²) >= 11 is 6.08. The van der Waals surface area contributed by atoms with E-state index in [1.165, 1.54) is 0 Å². The van der Waals surface area contributed by atoms with E-state index in [2.05, 4.69) is 6.07 Å². The number of benzene rings is 3. The monoisotopic (exact) mass is 420 g/mol. The van der Waals surface area contributed by atoms with Crippen molar-refractivity contribution in [3.05, 3.63) is 88.4 Å². The Kier molecular flexibility index (Phi) is 4.75. The van der Waals surface area contributed by atoms with Gasteiger partial charge in [-0.25, -0.2) is 5.01 Å². The summed E-state index contributed by atoms with van der Waals surface area (Å²) in [6, 6.07) is 21.7. The van der Waals surface area contributed by atoms with Gasteiger partial charge in [-0.05, 0) is 35.9 Å². The number of halogens is 1. The van der Waals surface area contributed by atoms with Crippen LogP contribution in [0.15, 0.2) is 71.8 Å². The van der Waals surface area contributed by atoms with Crippen LogP contribution in [0.3, 0.4) is 0 Å². The summed E-state index contributed by atoms with van der Waals surface area (Å²) in [5.41, 5.74) is 4.03. The summed E-state index contributed by atoms with van der Waals surface area (Å²) in [7, 11) is 3.33. The lowest BCUT2D eigenvalue weighted by Gasteiger charge is -2.39. The van der Waals surface area contributed by atoms with Gasteiger partial charge in [0.25, 0.3) is 0 Å². The number of methoxy groups -OCH3 is 2. The molecule has 0 bridgehead atoms. The summed E-state index contributed by atoms with van der Waals surface area (Å²) < 4.78 is 17.7. The minimum atomic E-state index is -0.431. The molecule has 0 N–H and O–H groups in total. The molecule has 0 spiro atoms. The predicted octanol–water partition coefficient (Wildman–Crippen LogP) is 5.60. The van der Waals surface area contributed by atoms with E-state index in [9.17, 15) is 0 Å². The first-order valence-corrected chi connectivity index (χ1v) is 10.2. The van der Waals surface area contributed by atoms with Gasteiger partial charge in [0.2, 0.25) is 6.23 Å². The maximum atomic E-state index is 6.49. The molecule has 5 nitrogen and oxygen atoms in total. The van der Waals surface area contributed by atoms with Crippen LogP contribution >= 0.6 is 11.6 Å². The van der Waals surface area contributed by atoms with Gasteiger partial charge in [-0.15, -0.1) is 0 Å². The minimum Gasteiger partial charge on any atom is -0.496 e. The van der Waals surface area contributed by atoms with Crippen molar-refractivity contribution >= 4 is 17.3 Å². The molecular weight excluding hydrogens is 400 g/mol. The molecule has 0 amide bonds. The minimum absolute atomic E-state index is 0.0319. The average Bonchev–Trinajstić information content (AvgIpc) is 3.24. The molecule has 0 saturated carbocycles. The number of hydrogen-bond acceptors (Lipinski definition) is 5. The topological polar surface area (TPSA) is 43.3 Å². The van der Waals surface area contributed by atoms with E-state index in [1.54, 1.807) is 14.2 Å². The third-order valence-electron chi connectivity index (χ3n) is 5.58. The summed E-state index contributed by atoms with van der Waals surface area (Å²) in [5.74, 6) is 2.23. The van der Waals surface area contributed by atoms with Crippen molar-refractivity contribution in [3.8, 4) is 17.2 Å². The second-order valence-corrected chi connectivity index (χ2v) is 7.68. The van der Waals surface area contributed by atoms with Gasteiger partial charge in [-0.2, -0.15) is 5.10 Å². The smallest absolute Gasteiger partial charge is 0.217 e. The van der Waals surface area contributed by atoms with Crippen molar-refractivity contribution in [2.24, 2.45) is 5.10 Å². The standard InChI is InChI=1S/C24H21ClN2O3/c1-28-21-8-4-3-6-18(21)24-27-20(17-7-5-9-22(29-2)23(17)30-24)14-19(26-27)15-10-12-16(25)13-11-15/h3-13,20,24H,14H2,1-2H3/t20-,24+/m1/s1. The summed E-state index contributed by atoms with van der Waals surface area (Å²) in [5, 5.41) is 7.72. The van der Waals surface area contributed by atoms with Crippen molar-refractivity contribution in [3.63, 3.8) is 0 Å². The zero-order chi connectivity index (χ0) is 20.7. The van der Waals surface area contributed by atoms with Gasteiger partial charge in [0.1, 0.15) is 5.75 Å². The molecule has 5 rings (SSSR count). The van der Waals surface area contributed by atoms with Crippen molar-refractivity contribution < 1.29 is 14.2 Å². The average molecular weight is 421 g/mol. The third kappa shape index (κ3) is 3.06. The molecule has 2 aliphatic heterocycles. The van der Waals surface area contributed by atoms with E-state index < -0.39 is 6.23 Å². The van der Waals surface area contributed by atoms with Crippen LogP contribution in [0.4, 0.5) is 0 Å². The lowest BCUT2D eigenvalue weighted by atomic mass is 9.95. The number of fused-ring (bicyclic) bond motifs is 3. The Balaban J connectivity index is 1.64. The van der Waals surface area contributed by atoms with Gasteiger partial charge in [0.05, 0.1) is 31.5 Å². The highest BCUT2D eigenvalue weighted by Gasteiger charge is 2.43. The van der Waals surface area contributed by atoms with E-state index in [0.29, 0.717) is 10.8 Å². The van der Waals surface area contributed by atoms with Gasteiger partial charge >= 0.3 is 0 Å². The van der Waals surface area contributed by atoms with Gasteiger partial charge < -0.3 is 14.2 Å². The molecule has 3 aromatic carbocycles. The maximum absolute atomic E-state index is 6.49. The van der Waals surface area contributed by atoms with Crippen LogP contribution in [0, 0.1) is 0 Å². The van der Waals surface area contributed by atoms with Gasteiger partial charge in [0.15, 0.2) is 11.5 Å². The number of para-hydroxylation sites is 2. The first-order valence-electron chi connectivity index (χ1n) is 9.78. The van der Waals surface area contributed by atoms with Crippen LogP contribution in [0.25, 0.3) is 0 Å². The Morgan fingerprint density at radius 1 is 0.900 bits per heavy atom. The molecule has 152 valence electrons. The molecule has 2 aliphatic rings. The Labute approximate surface area is 180 Å². The largest absolute Gasteiger partial charge is 0.496 e. The van der Waals surface area contributed by atoms with Crippen molar-refractivity contribution in [1.29, 1.82) is 0 Å². The van der Waals surface area contributed by atoms with Crippen LogP contribution in [-0.4, -0.2) is 24.9 Å². The number of hydrazone groups is 1. The van der Waals surface area contributed by atoms with Crippen LogP contribution < -0.4 is 14.2 Å². The van der Waals surface area contributed by atoms with Crippen molar-refractivity contribution in [2.75, 3.05) is 14.2 Å². The van der Waals surface area contributed by atoms with Gasteiger partial charge in [-0.3, -0.25) is 0 Å². The molecule has 30 heavy (non-hydrogen) atoms. The van der Waals surface area contributed by atoms with Gasteiger partial charge in [-0.1, -0.05) is 48.0 Å². The third-order valence-corrected chi connectivity index (χ3v) is 5.83. The molecular formula is C24H21ClN2O3. The molecule has 3 aromatic rings. The summed E-state index contributed by atoms with van der Waals surface area (Å²) in [4.78, 5) is 0. The Morgan fingerprint density at radius 3 is 2.37 bits per heavy atom. The molecule has 0 aliphatic carbocycles. The first kappa shape index (κ1) is 18.8. The van der Waals surface area contributed by atoms with Crippen molar-refractivity contribution in [1.82, 2.24) is 5.01 Å². The Morgan fingerprint density at radius 2 is 1.60 bits per heavy atom. The maximum Gasteiger partial charge on any atom is 0.217 e. The van der Waals surface area contributed by atoms with Crippen molar-refractivity contribution in [2.45, 2.75) is 18.7 Å². The van der Waals surface area contributed by atoms with E-state index in [1.807, 2.05) is 65.7 Å². The SMILES string of the molecule is COc1ccccc1[C@@H]1Oc2c(OC)cccc2[C@H]2CC(c3ccc(Cl)cc3)=NN21.